The van der Waals surface area contributed by atoms with Gasteiger partial charge in [-0.1, -0.05) is 30.3 Å². The number of halogens is 1. The summed E-state index contributed by atoms with van der Waals surface area (Å²) in [6, 6.07) is 10.2. The van der Waals surface area contributed by atoms with Gasteiger partial charge in [-0.25, -0.2) is 0 Å². The van der Waals surface area contributed by atoms with Crippen LogP contribution in [0.2, 0.25) is 0 Å². The second kappa shape index (κ2) is 11.1. The Hall–Kier alpha value is -0.710. The van der Waals surface area contributed by atoms with Crippen LogP contribution < -0.4 is 10.6 Å². The van der Waals surface area contributed by atoms with E-state index in [4.69, 9.17) is 0 Å². The molecule has 1 amide bonds. The van der Waals surface area contributed by atoms with E-state index in [1.165, 1.54) is 5.56 Å². The maximum Gasteiger partial charge on any atom is 0.232 e. The molecule has 0 aliphatic heterocycles. The molecule has 3 nitrogen and oxygen atoms in total. The van der Waals surface area contributed by atoms with Gasteiger partial charge in [-0.05, 0) is 32.5 Å². The molecular weight excluding hydrogens is 280 g/mol. The van der Waals surface area contributed by atoms with E-state index in [1.54, 1.807) is 11.8 Å². The zero-order valence-corrected chi connectivity index (χ0v) is 13.2. The van der Waals surface area contributed by atoms with Gasteiger partial charge in [-0.15, -0.1) is 24.2 Å². The molecule has 0 saturated carbocycles. The summed E-state index contributed by atoms with van der Waals surface area (Å²) in [7, 11) is 1.92. The zero-order valence-electron chi connectivity index (χ0n) is 11.5. The minimum absolute atomic E-state index is 0. The Balaban J connectivity index is 0.00000324. The highest BCUT2D eigenvalue weighted by Gasteiger charge is 2.12. The van der Waals surface area contributed by atoms with Gasteiger partial charge in [0.1, 0.15) is 0 Å². The topological polar surface area (TPSA) is 41.1 Å². The normalized spacial score (nSPS) is 11.5. The lowest BCUT2D eigenvalue weighted by atomic mass is 10.2. The molecule has 0 fully saturated rings. The van der Waals surface area contributed by atoms with E-state index in [9.17, 15) is 4.79 Å². The largest absolute Gasteiger partial charge is 0.355 e. The van der Waals surface area contributed by atoms with Crippen molar-refractivity contribution in [2.75, 3.05) is 20.1 Å². The van der Waals surface area contributed by atoms with Crippen molar-refractivity contribution in [2.45, 2.75) is 24.3 Å². The van der Waals surface area contributed by atoms with E-state index in [0.29, 0.717) is 0 Å². The fraction of sp³-hybridized carbons (Fsp3) is 0.500. The van der Waals surface area contributed by atoms with Gasteiger partial charge in [-0.3, -0.25) is 4.79 Å². The Morgan fingerprint density at radius 3 is 2.58 bits per heavy atom. The van der Waals surface area contributed by atoms with Crippen molar-refractivity contribution in [1.82, 2.24) is 10.6 Å². The van der Waals surface area contributed by atoms with E-state index < -0.39 is 0 Å². The number of benzene rings is 1. The SMILES string of the molecule is CNCCCNC(=O)C(C)SCc1ccccc1.Cl. The van der Waals surface area contributed by atoms with Crippen LogP contribution in [0.25, 0.3) is 0 Å². The van der Waals surface area contributed by atoms with Crippen molar-refractivity contribution >= 4 is 30.1 Å². The number of hydrogen-bond acceptors (Lipinski definition) is 3. The third kappa shape index (κ3) is 8.14. The number of nitrogens with one attached hydrogen (secondary N) is 2. The van der Waals surface area contributed by atoms with Crippen LogP contribution in [0.5, 0.6) is 0 Å². The van der Waals surface area contributed by atoms with Gasteiger partial charge in [-0.2, -0.15) is 0 Å². The van der Waals surface area contributed by atoms with Gasteiger partial charge < -0.3 is 10.6 Å². The van der Waals surface area contributed by atoms with Gasteiger partial charge in [0.2, 0.25) is 5.91 Å². The molecular formula is C14H23ClN2OS. The van der Waals surface area contributed by atoms with Gasteiger partial charge in [0, 0.05) is 12.3 Å². The lowest BCUT2D eigenvalue weighted by Gasteiger charge is -2.11. The fourth-order valence-corrected chi connectivity index (χ4v) is 2.36. The maximum absolute atomic E-state index is 11.8. The molecule has 1 rings (SSSR count). The Labute approximate surface area is 126 Å². The summed E-state index contributed by atoms with van der Waals surface area (Å²) in [5.74, 6) is 1.01. The standard InChI is InChI=1S/C14H22N2OS.ClH/c1-12(14(17)16-10-6-9-15-2)18-11-13-7-4-3-5-8-13;/h3-5,7-8,12,15H,6,9-11H2,1-2H3,(H,16,17);1H. The predicted octanol–water partition coefficient (Wildman–Crippen LogP) is 2.46. The van der Waals surface area contributed by atoms with Gasteiger partial charge >= 0.3 is 0 Å². The summed E-state index contributed by atoms with van der Waals surface area (Å²) in [4.78, 5) is 11.8. The number of amides is 1. The van der Waals surface area contributed by atoms with Crippen LogP contribution in [-0.4, -0.2) is 31.3 Å². The highest BCUT2D eigenvalue weighted by Crippen LogP contribution is 2.17. The first-order valence-corrected chi connectivity index (χ1v) is 7.36. The first-order chi connectivity index (χ1) is 8.74. The van der Waals surface area contributed by atoms with Crippen LogP contribution in [0.3, 0.4) is 0 Å². The highest BCUT2D eigenvalue weighted by atomic mass is 35.5. The average Bonchev–Trinajstić information content (AvgIpc) is 2.42. The van der Waals surface area contributed by atoms with Crippen LogP contribution in [0.15, 0.2) is 30.3 Å². The van der Waals surface area contributed by atoms with Crippen LogP contribution in [0, 0.1) is 0 Å². The van der Waals surface area contributed by atoms with Gasteiger partial charge in [0.15, 0.2) is 0 Å². The number of carbonyl (C=O) groups excluding carboxylic acids is 1. The molecule has 0 spiro atoms. The Kier molecular flexibility index (Phi) is 10.7. The average molecular weight is 303 g/mol. The van der Waals surface area contributed by atoms with Crippen molar-refractivity contribution in [3.8, 4) is 0 Å². The smallest absolute Gasteiger partial charge is 0.232 e. The van der Waals surface area contributed by atoms with E-state index in [2.05, 4.69) is 22.8 Å². The van der Waals surface area contributed by atoms with E-state index in [1.807, 2.05) is 32.2 Å². The molecule has 0 aliphatic rings. The molecule has 5 heteroatoms. The zero-order chi connectivity index (χ0) is 13.2. The lowest BCUT2D eigenvalue weighted by Crippen LogP contribution is -2.32. The fourth-order valence-electron chi connectivity index (χ4n) is 1.49. The Bertz CT molecular complexity index is 349. The third-order valence-electron chi connectivity index (χ3n) is 2.61. The van der Waals surface area contributed by atoms with Crippen molar-refractivity contribution in [2.24, 2.45) is 0 Å². The van der Waals surface area contributed by atoms with Crippen LogP contribution in [0.1, 0.15) is 18.9 Å². The second-order valence-corrected chi connectivity index (χ2v) is 5.52. The van der Waals surface area contributed by atoms with E-state index in [0.717, 1.165) is 25.3 Å². The molecule has 1 aromatic carbocycles. The molecule has 2 N–H and O–H groups in total. The molecule has 1 unspecified atom stereocenters. The second-order valence-electron chi connectivity index (χ2n) is 4.19. The first-order valence-electron chi connectivity index (χ1n) is 6.32. The van der Waals surface area contributed by atoms with E-state index >= 15 is 0 Å². The quantitative estimate of drug-likeness (QED) is 0.725. The van der Waals surface area contributed by atoms with E-state index in [-0.39, 0.29) is 23.6 Å². The highest BCUT2D eigenvalue weighted by molar-refractivity contribution is 7.99. The molecule has 19 heavy (non-hydrogen) atoms. The number of hydrogen-bond donors (Lipinski definition) is 2. The summed E-state index contributed by atoms with van der Waals surface area (Å²) in [5, 5.41) is 6.01. The summed E-state index contributed by atoms with van der Waals surface area (Å²) < 4.78 is 0. The molecule has 0 aromatic heterocycles. The van der Waals surface area contributed by atoms with Crippen LogP contribution >= 0.6 is 24.2 Å². The number of thioether (sulfide) groups is 1. The Morgan fingerprint density at radius 2 is 1.95 bits per heavy atom. The summed E-state index contributed by atoms with van der Waals surface area (Å²) in [6.07, 6.45) is 0.971. The first kappa shape index (κ1) is 18.3. The molecule has 1 aromatic rings. The van der Waals surface area contributed by atoms with Crippen molar-refractivity contribution in [1.29, 1.82) is 0 Å². The van der Waals surface area contributed by atoms with Crippen LogP contribution in [0.4, 0.5) is 0 Å². The molecule has 0 radical (unpaired) electrons. The molecule has 0 saturated heterocycles. The Morgan fingerprint density at radius 1 is 1.26 bits per heavy atom. The van der Waals surface area contributed by atoms with Crippen molar-refractivity contribution < 1.29 is 4.79 Å². The molecule has 108 valence electrons. The van der Waals surface area contributed by atoms with Gasteiger partial charge in [0.25, 0.3) is 0 Å². The van der Waals surface area contributed by atoms with Crippen molar-refractivity contribution in [3.63, 3.8) is 0 Å². The molecule has 0 heterocycles. The number of carbonyl (C=O) groups is 1. The van der Waals surface area contributed by atoms with Gasteiger partial charge in [0.05, 0.1) is 5.25 Å². The molecule has 0 bridgehead atoms. The molecule has 0 aliphatic carbocycles. The maximum atomic E-state index is 11.8. The summed E-state index contributed by atoms with van der Waals surface area (Å²) in [5.41, 5.74) is 1.26. The summed E-state index contributed by atoms with van der Waals surface area (Å²) >= 11 is 1.67. The minimum Gasteiger partial charge on any atom is -0.355 e. The summed E-state index contributed by atoms with van der Waals surface area (Å²) in [6.45, 7) is 3.64. The molecule has 1 atom stereocenters. The lowest BCUT2D eigenvalue weighted by molar-refractivity contribution is -0.120. The van der Waals surface area contributed by atoms with Crippen molar-refractivity contribution in [3.05, 3.63) is 35.9 Å². The minimum atomic E-state index is -0.000193. The predicted molar refractivity (Wildman–Crippen MR) is 86.0 cm³/mol. The monoisotopic (exact) mass is 302 g/mol. The van der Waals surface area contributed by atoms with Crippen LogP contribution in [-0.2, 0) is 10.5 Å². The number of rotatable bonds is 8. The third-order valence-corrected chi connectivity index (χ3v) is 3.83.